The molecule has 2 rings (SSSR count). The van der Waals surface area contributed by atoms with Gasteiger partial charge in [0, 0.05) is 24.4 Å². The number of nitro benzene ring substituents is 1. The van der Waals surface area contributed by atoms with Crippen LogP contribution in [0.4, 0.5) is 11.4 Å². The summed E-state index contributed by atoms with van der Waals surface area (Å²) in [7, 11) is -3.04. The summed E-state index contributed by atoms with van der Waals surface area (Å²) in [6, 6.07) is 4.24. The van der Waals surface area contributed by atoms with Crippen molar-refractivity contribution in [3.05, 3.63) is 33.3 Å². The lowest BCUT2D eigenvalue weighted by Crippen LogP contribution is -2.34. The lowest BCUT2D eigenvalue weighted by Gasteiger charge is -2.29. The van der Waals surface area contributed by atoms with Crippen molar-refractivity contribution in [1.29, 1.82) is 0 Å². The number of sulfone groups is 1. The minimum Gasteiger partial charge on any atom is -0.381 e. The third-order valence-corrected chi connectivity index (χ3v) is 5.71. The predicted molar refractivity (Wildman–Crippen MR) is 82.6 cm³/mol. The van der Waals surface area contributed by atoms with E-state index in [4.69, 9.17) is 11.6 Å². The summed E-state index contributed by atoms with van der Waals surface area (Å²) in [6.45, 7) is 0. The van der Waals surface area contributed by atoms with Crippen LogP contribution in [-0.2, 0) is 9.84 Å². The number of nitrogens with one attached hydrogen (secondary N) is 1. The zero-order valence-electron chi connectivity index (χ0n) is 11.6. The number of non-ortho nitro benzene ring substituents is 1. The number of anilines is 1. The Morgan fingerprint density at radius 1 is 1.38 bits per heavy atom. The van der Waals surface area contributed by atoms with Crippen molar-refractivity contribution in [3.8, 4) is 0 Å². The van der Waals surface area contributed by atoms with E-state index in [0.717, 1.165) is 12.8 Å². The first-order valence-corrected chi connectivity index (χ1v) is 9.00. The van der Waals surface area contributed by atoms with Gasteiger partial charge in [0.2, 0.25) is 0 Å². The molecule has 21 heavy (non-hydrogen) atoms. The van der Waals surface area contributed by atoms with E-state index in [0.29, 0.717) is 18.5 Å². The first kappa shape index (κ1) is 16.0. The van der Waals surface area contributed by atoms with Gasteiger partial charge in [0.25, 0.3) is 5.69 Å². The summed E-state index contributed by atoms with van der Waals surface area (Å²) < 4.78 is 23.3. The Hall–Kier alpha value is -1.34. The Morgan fingerprint density at radius 3 is 2.67 bits per heavy atom. The summed E-state index contributed by atoms with van der Waals surface area (Å²) in [5.41, 5.74) is 0.532. The Morgan fingerprint density at radius 2 is 2.10 bits per heavy atom. The van der Waals surface area contributed by atoms with Crippen LogP contribution < -0.4 is 5.32 Å². The summed E-state index contributed by atoms with van der Waals surface area (Å²) in [5, 5.41) is 13.8. The van der Waals surface area contributed by atoms with E-state index < -0.39 is 14.8 Å². The van der Waals surface area contributed by atoms with Gasteiger partial charge in [0.05, 0.1) is 20.9 Å². The van der Waals surface area contributed by atoms with Crippen molar-refractivity contribution in [1.82, 2.24) is 0 Å². The molecular weight excluding hydrogens is 316 g/mol. The second kappa shape index (κ2) is 6.19. The van der Waals surface area contributed by atoms with Gasteiger partial charge in [-0.15, -0.1) is 0 Å². The SMILES string of the molecule is CS(=O)(=O)C1CCCC(Nc2ccc([N+](=O)[O-])cc2Cl)C1. The molecule has 0 saturated heterocycles. The highest BCUT2D eigenvalue weighted by Crippen LogP contribution is 2.31. The fraction of sp³-hybridized carbons (Fsp3) is 0.538. The van der Waals surface area contributed by atoms with Gasteiger partial charge in [-0.2, -0.15) is 0 Å². The third kappa shape index (κ3) is 4.07. The van der Waals surface area contributed by atoms with Crippen LogP contribution in [0.3, 0.4) is 0 Å². The number of halogens is 1. The van der Waals surface area contributed by atoms with Crippen LogP contribution in [0.5, 0.6) is 0 Å². The highest BCUT2D eigenvalue weighted by molar-refractivity contribution is 7.91. The minimum absolute atomic E-state index is 0.0115. The van der Waals surface area contributed by atoms with Crippen molar-refractivity contribution in [3.63, 3.8) is 0 Å². The van der Waals surface area contributed by atoms with Crippen LogP contribution in [0.15, 0.2) is 18.2 Å². The molecular formula is C13H17ClN2O4S. The number of hydrogen-bond donors (Lipinski definition) is 1. The third-order valence-electron chi connectivity index (χ3n) is 3.75. The quantitative estimate of drug-likeness (QED) is 0.676. The van der Waals surface area contributed by atoms with E-state index in [9.17, 15) is 18.5 Å². The molecule has 2 atom stereocenters. The topological polar surface area (TPSA) is 89.3 Å². The first-order valence-electron chi connectivity index (χ1n) is 6.66. The van der Waals surface area contributed by atoms with Crippen molar-refractivity contribution < 1.29 is 13.3 Å². The van der Waals surface area contributed by atoms with Gasteiger partial charge in [-0.05, 0) is 25.3 Å². The monoisotopic (exact) mass is 332 g/mol. The zero-order chi connectivity index (χ0) is 15.6. The molecule has 1 fully saturated rings. The van der Waals surface area contributed by atoms with Crippen LogP contribution >= 0.6 is 11.6 Å². The van der Waals surface area contributed by atoms with Gasteiger partial charge in [-0.1, -0.05) is 18.0 Å². The molecule has 6 nitrogen and oxygen atoms in total. The Balaban J connectivity index is 2.09. The molecule has 1 aromatic rings. The molecule has 0 heterocycles. The average molecular weight is 333 g/mol. The number of rotatable bonds is 4. The van der Waals surface area contributed by atoms with Crippen LogP contribution in [0.1, 0.15) is 25.7 Å². The molecule has 116 valence electrons. The van der Waals surface area contributed by atoms with Crippen LogP contribution in [-0.4, -0.2) is 30.9 Å². The van der Waals surface area contributed by atoms with Crippen LogP contribution in [0.25, 0.3) is 0 Å². The molecule has 1 N–H and O–H groups in total. The second-order valence-corrected chi connectivity index (χ2v) is 8.11. The van der Waals surface area contributed by atoms with Gasteiger partial charge in [0.15, 0.2) is 0 Å². The predicted octanol–water partition coefficient (Wildman–Crippen LogP) is 3.02. The molecule has 0 aromatic heterocycles. The largest absolute Gasteiger partial charge is 0.381 e. The van der Waals surface area contributed by atoms with Gasteiger partial charge >= 0.3 is 0 Å². The number of nitrogens with zero attached hydrogens (tertiary/aromatic N) is 1. The van der Waals surface area contributed by atoms with E-state index in [2.05, 4.69) is 5.32 Å². The Kier molecular flexibility index (Phi) is 4.73. The summed E-state index contributed by atoms with van der Waals surface area (Å²) >= 11 is 6.03. The van der Waals surface area contributed by atoms with E-state index in [1.54, 1.807) is 6.07 Å². The van der Waals surface area contributed by atoms with Crippen molar-refractivity contribution in [2.75, 3.05) is 11.6 Å². The molecule has 2 unspecified atom stereocenters. The number of nitro groups is 1. The van der Waals surface area contributed by atoms with Crippen molar-refractivity contribution >= 4 is 32.8 Å². The molecule has 1 saturated carbocycles. The highest BCUT2D eigenvalue weighted by Gasteiger charge is 2.29. The average Bonchev–Trinajstić information content (AvgIpc) is 2.40. The second-order valence-electron chi connectivity index (χ2n) is 5.38. The smallest absolute Gasteiger partial charge is 0.271 e. The van der Waals surface area contributed by atoms with Crippen molar-refractivity contribution in [2.24, 2.45) is 0 Å². The Labute approximate surface area is 128 Å². The molecule has 1 aliphatic carbocycles. The molecule has 0 amide bonds. The maximum Gasteiger partial charge on any atom is 0.271 e. The molecule has 1 aliphatic rings. The fourth-order valence-corrected chi connectivity index (χ4v) is 4.03. The summed E-state index contributed by atoms with van der Waals surface area (Å²) in [4.78, 5) is 10.2. The van der Waals surface area contributed by atoms with Crippen molar-refractivity contribution in [2.45, 2.75) is 37.0 Å². The molecule has 0 radical (unpaired) electrons. The summed E-state index contributed by atoms with van der Waals surface area (Å²) in [5.74, 6) is 0. The summed E-state index contributed by atoms with van der Waals surface area (Å²) in [6.07, 6.45) is 4.18. The van der Waals surface area contributed by atoms with Crippen LogP contribution in [0, 0.1) is 10.1 Å². The van der Waals surface area contributed by atoms with Gasteiger partial charge < -0.3 is 5.32 Å². The number of hydrogen-bond acceptors (Lipinski definition) is 5. The lowest BCUT2D eigenvalue weighted by atomic mass is 9.94. The number of benzene rings is 1. The molecule has 0 spiro atoms. The van der Waals surface area contributed by atoms with E-state index in [-0.39, 0.29) is 22.0 Å². The Bertz CT molecular complexity index is 648. The minimum atomic E-state index is -3.04. The molecule has 8 heteroatoms. The van der Waals surface area contributed by atoms with E-state index in [1.807, 2.05) is 0 Å². The van der Waals surface area contributed by atoms with Crippen LogP contribution in [0.2, 0.25) is 5.02 Å². The maximum atomic E-state index is 11.6. The fourth-order valence-electron chi connectivity index (χ4n) is 2.62. The standard InChI is InChI=1S/C13H17ClN2O4S/c1-21(19,20)11-4-2-3-9(7-11)15-13-6-5-10(16(17)18)8-12(13)14/h5-6,8-9,11,15H,2-4,7H2,1H3. The maximum absolute atomic E-state index is 11.6. The van der Waals surface area contributed by atoms with Gasteiger partial charge in [0.1, 0.15) is 9.84 Å². The zero-order valence-corrected chi connectivity index (χ0v) is 13.2. The molecule has 0 bridgehead atoms. The van der Waals surface area contributed by atoms with E-state index >= 15 is 0 Å². The van der Waals surface area contributed by atoms with E-state index in [1.165, 1.54) is 18.4 Å². The highest BCUT2D eigenvalue weighted by atomic mass is 35.5. The normalized spacial score (nSPS) is 22.8. The molecule has 0 aliphatic heterocycles. The molecule has 1 aromatic carbocycles. The lowest BCUT2D eigenvalue weighted by molar-refractivity contribution is -0.384. The first-order chi connectivity index (χ1) is 9.77. The van der Waals surface area contributed by atoms with Gasteiger partial charge in [-0.3, -0.25) is 10.1 Å². The van der Waals surface area contributed by atoms with Gasteiger partial charge in [-0.25, -0.2) is 8.42 Å².